The number of rotatable bonds is 4. The molecule has 3 aromatic rings. The molecule has 0 bridgehead atoms. The van der Waals surface area contributed by atoms with Gasteiger partial charge in [0, 0.05) is 42.4 Å². The van der Waals surface area contributed by atoms with Crippen LogP contribution in [0.4, 0.5) is 0 Å². The summed E-state index contributed by atoms with van der Waals surface area (Å²) in [6.45, 7) is 3.84. The Kier molecular flexibility index (Phi) is 4.68. The number of carbonyl (C=O) groups excluding carboxylic acids is 1. The molecule has 0 unspecified atom stereocenters. The summed E-state index contributed by atoms with van der Waals surface area (Å²) in [6.07, 6.45) is 4.49. The number of carbonyl (C=O) groups is 1. The lowest BCUT2D eigenvalue weighted by Gasteiger charge is -2.11. The highest BCUT2D eigenvalue weighted by Crippen LogP contribution is 2.24. The van der Waals surface area contributed by atoms with E-state index < -0.39 is 0 Å². The van der Waals surface area contributed by atoms with Crippen molar-refractivity contribution in [1.29, 1.82) is 0 Å². The molecular weight excluding hydrogens is 338 g/mol. The first-order chi connectivity index (χ1) is 11.9. The van der Waals surface area contributed by atoms with Crippen molar-refractivity contribution in [3.05, 3.63) is 57.4 Å². The number of pyridine rings is 3. The molecule has 0 radical (unpaired) electrons. The van der Waals surface area contributed by atoms with Gasteiger partial charge in [-0.1, -0.05) is 18.5 Å². The summed E-state index contributed by atoms with van der Waals surface area (Å²) in [7, 11) is 1.70. The molecule has 0 aromatic carbocycles. The Labute approximate surface area is 150 Å². The monoisotopic (exact) mass is 355 g/mol. The van der Waals surface area contributed by atoms with Gasteiger partial charge in [0.05, 0.1) is 5.52 Å². The number of nitrogens with zero attached hydrogens (tertiary/aromatic N) is 3. The molecule has 0 saturated heterocycles. The number of hydrogen-bond acceptors (Lipinski definition) is 4. The largest absolute Gasteiger partial charge is 0.311 e. The average molecular weight is 356 g/mol. The van der Waals surface area contributed by atoms with Crippen LogP contribution in [-0.4, -0.2) is 20.3 Å². The molecular formula is C19H18ClN3O2. The molecule has 0 saturated carbocycles. The van der Waals surface area contributed by atoms with Crippen LogP contribution in [0.1, 0.15) is 35.8 Å². The van der Waals surface area contributed by atoms with Gasteiger partial charge in [-0.25, -0.2) is 4.98 Å². The zero-order chi connectivity index (χ0) is 18.1. The minimum atomic E-state index is -0.146. The second-order valence-electron chi connectivity index (χ2n) is 6.05. The van der Waals surface area contributed by atoms with Gasteiger partial charge in [0.1, 0.15) is 10.8 Å². The van der Waals surface area contributed by atoms with Gasteiger partial charge in [-0.2, -0.15) is 0 Å². The van der Waals surface area contributed by atoms with E-state index in [1.54, 1.807) is 42.2 Å². The Balaban J connectivity index is 2.17. The molecule has 0 spiro atoms. The van der Waals surface area contributed by atoms with Gasteiger partial charge in [0.2, 0.25) is 0 Å². The second-order valence-corrected chi connectivity index (χ2v) is 6.43. The first-order valence-corrected chi connectivity index (χ1v) is 8.45. The zero-order valence-electron chi connectivity index (χ0n) is 14.3. The molecule has 0 N–H and O–H groups in total. The van der Waals surface area contributed by atoms with Gasteiger partial charge in [-0.15, -0.1) is 0 Å². The summed E-state index contributed by atoms with van der Waals surface area (Å²) in [6, 6.07) is 5.20. The van der Waals surface area contributed by atoms with E-state index in [9.17, 15) is 9.59 Å². The highest BCUT2D eigenvalue weighted by Gasteiger charge is 2.14. The molecule has 128 valence electrons. The topological polar surface area (TPSA) is 64.8 Å². The number of aromatic nitrogens is 3. The quantitative estimate of drug-likeness (QED) is 0.525. The molecule has 25 heavy (non-hydrogen) atoms. The van der Waals surface area contributed by atoms with Gasteiger partial charge in [0.25, 0.3) is 5.56 Å². The predicted octanol–water partition coefficient (Wildman–Crippen LogP) is 3.94. The van der Waals surface area contributed by atoms with Crippen molar-refractivity contribution in [2.75, 3.05) is 0 Å². The van der Waals surface area contributed by atoms with Crippen molar-refractivity contribution in [3.8, 4) is 11.1 Å². The van der Waals surface area contributed by atoms with Gasteiger partial charge in [0.15, 0.2) is 5.78 Å². The summed E-state index contributed by atoms with van der Waals surface area (Å²) < 4.78 is 1.55. The Morgan fingerprint density at radius 3 is 2.60 bits per heavy atom. The molecule has 0 atom stereocenters. The van der Waals surface area contributed by atoms with Crippen LogP contribution in [0.2, 0.25) is 5.15 Å². The van der Waals surface area contributed by atoms with Crippen LogP contribution in [0.15, 0.2) is 35.4 Å². The minimum absolute atomic E-state index is 0.0161. The van der Waals surface area contributed by atoms with E-state index in [1.165, 1.54) is 0 Å². The van der Waals surface area contributed by atoms with Crippen LogP contribution >= 0.6 is 11.6 Å². The van der Waals surface area contributed by atoms with Crippen molar-refractivity contribution in [2.24, 2.45) is 7.05 Å². The summed E-state index contributed by atoms with van der Waals surface area (Å²) in [4.78, 5) is 33.1. The van der Waals surface area contributed by atoms with E-state index in [2.05, 4.69) is 9.97 Å². The highest BCUT2D eigenvalue weighted by atomic mass is 35.5. The molecule has 0 aliphatic carbocycles. The Bertz CT molecular complexity index is 1040. The van der Waals surface area contributed by atoms with Gasteiger partial charge < -0.3 is 4.57 Å². The summed E-state index contributed by atoms with van der Waals surface area (Å²) >= 11 is 5.93. The molecule has 3 aromatic heterocycles. The Hall–Kier alpha value is -2.53. The van der Waals surface area contributed by atoms with E-state index in [0.717, 1.165) is 17.4 Å². The summed E-state index contributed by atoms with van der Waals surface area (Å²) in [5, 5.41) is 1.15. The molecule has 5 nitrogen and oxygen atoms in total. The van der Waals surface area contributed by atoms with Crippen LogP contribution in [-0.2, 0) is 7.05 Å². The molecule has 0 aliphatic rings. The molecule has 0 amide bonds. The number of fused-ring (bicyclic) bond motifs is 1. The second kappa shape index (κ2) is 6.76. The normalized spacial score (nSPS) is 11.0. The van der Waals surface area contributed by atoms with E-state index in [0.29, 0.717) is 33.9 Å². The van der Waals surface area contributed by atoms with E-state index in [-0.39, 0.29) is 11.3 Å². The standard InChI is InChI=1S/C19H18ClN3O2/c1-4-5-17(24)15-6-11(2)14(10-21-15)13-7-12-9-22-18(20)8-16(12)23(3)19(13)25/h6-10H,4-5H2,1-3H3. The van der Waals surface area contributed by atoms with Gasteiger partial charge in [-0.3, -0.25) is 14.6 Å². The van der Waals surface area contributed by atoms with Crippen LogP contribution in [0.3, 0.4) is 0 Å². The number of hydrogen-bond donors (Lipinski definition) is 0. The summed E-state index contributed by atoms with van der Waals surface area (Å²) in [5.74, 6) is 0.0161. The van der Waals surface area contributed by atoms with Crippen molar-refractivity contribution < 1.29 is 4.79 Å². The first kappa shape index (κ1) is 17.3. The van der Waals surface area contributed by atoms with Gasteiger partial charge in [-0.05, 0) is 37.1 Å². The Morgan fingerprint density at radius 1 is 1.16 bits per heavy atom. The van der Waals surface area contributed by atoms with Crippen molar-refractivity contribution >= 4 is 28.3 Å². The van der Waals surface area contributed by atoms with Crippen molar-refractivity contribution in [1.82, 2.24) is 14.5 Å². The third kappa shape index (κ3) is 3.20. The third-order valence-corrected chi connectivity index (χ3v) is 4.45. The zero-order valence-corrected chi connectivity index (χ0v) is 15.1. The fourth-order valence-electron chi connectivity index (χ4n) is 2.88. The average Bonchev–Trinajstić information content (AvgIpc) is 2.59. The number of halogens is 1. The lowest BCUT2D eigenvalue weighted by Crippen LogP contribution is -2.19. The fourth-order valence-corrected chi connectivity index (χ4v) is 3.03. The number of aryl methyl sites for hydroxylation is 2. The minimum Gasteiger partial charge on any atom is -0.311 e. The first-order valence-electron chi connectivity index (χ1n) is 8.08. The van der Waals surface area contributed by atoms with Crippen LogP contribution < -0.4 is 5.56 Å². The van der Waals surface area contributed by atoms with Gasteiger partial charge >= 0.3 is 0 Å². The van der Waals surface area contributed by atoms with E-state index in [4.69, 9.17) is 11.6 Å². The van der Waals surface area contributed by atoms with Crippen molar-refractivity contribution in [3.63, 3.8) is 0 Å². The molecule has 3 rings (SSSR count). The van der Waals surface area contributed by atoms with E-state index >= 15 is 0 Å². The SMILES string of the molecule is CCCC(=O)c1cc(C)c(-c2cc3cnc(Cl)cc3n(C)c2=O)cn1. The highest BCUT2D eigenvalue weighted by molar-refractivity contribution is 6.30. The maximum atomic E-state index is 12.8. The summed E-state index contributed by atoms with van der Waals surface area (Å²) in [5.41, 5.74) is 3.09. The van der Waals surface area contributed by atoms with E-state index in [1.807, 2.05) is 13.8 Å². The number of ketones is 1. The van der Waals surface area contributed by atoms with Crippen LogP contribution in [0.5, 0.6) is 0 Å². The maximum Gasteiger partial charge on any atom is 0.258 e. The molecule has 0 fully saturated rings. The van der Waals surface area contributed by atoms with Crippen LogP contribution in [0.25, 0.3) is 22.0 Å². The molecule has 3 heterocycles. The maximum absolute atomic E-state index is 12.8. The number of Topliss-reactive ketones (excluding diaryl/α,β-unsaturated/α-hetero) is 1. The van der Waals surface area contributed by atoms with Crippen molar-refractivity contribution in [2.45, 2.75) is 26.7 Å². The third-order valence-electron chi connectivity index (χ3n) is 4.24. The predicted molar refractivity (Wildman–Crippen MR) is 99.2 cm³/mol. The fraction of sp³-hybridized carbons (Fsp3) is 0.263. The lowest BCUT2D eigenvalue weighted by molar-refractivity contribution is 0.0977. The Morgan fingerprint density at radius 2 is 1.92 bits per heavy atom. The smallest absolute Gasteiger partial charge is 0.258 e. The molecule has 0 aliphatic heterocycles. The molecule has 6 heteroatoms. The lowest BCUT2D eigenvalue weighted by atomic mass is 10.0. The van der Waals surface area contributed by atoms with Crippen LogP contribution in [0, 0.1) is 6.92 Å².